The van der Waals surface area contributed by atoms with E-state index in [9.17, 15) is 4.57 Å². The second kappa shape index (κ2) is 11.9. The fourth-order valence-corrected chi connectivity index (χ4v) is 4.41. The summed E-state index contributed by atoms with van der Waals surface area (Å²) in [5, 5.41) is 3.30. The van der Waals surface area contributed by atoms with Gasteiger partial charge >= 0.3 is 0 Å². The van der Waals surface area contributed by atoms with E-state index in [-0.39, 0.29) is 0 Å². The maximum atomic E-state index is 11.7. The van der Waals surface area contributed by atoms with Crippen molar-refractivity contribution in [1.29, 1.82) is 0 Å². The van der Waals surface area contributed by atoms with Gasteiger partial charge in [-0.1, -0.05) is 79.7 Å². The summed E-state index contributed by atoms with van der Waals surface area (Å²) < 4.78 is 17.6. The molecule has 0 fully saturated rings. The summed E-state index contributed by atoms with van der Waals surface area (Å²) in [7, 11) is -1.95. The van der Waals surface area contributed by atoms with Gasteiger partial charge in [0.15, 0.2) is 0 Å². The number of hydrogen-bond acceptors (Lipinski definition) is 3. The zero-order valence-electron chi connectivity index (χ0n) is 19.4. The van der Waals surface area contributed by atoms with Crippen LogP contribution < -0.4 is 10.1 Å². The van der Waals surface area contributed by atoms with Crippen LogP contribution in [0.2, 0.25) is 0 Å². The van der Waals surface area contributed by atoms with Crippen molar-refractivity contribution >= 4 is 18.3 Å². The summed E-state index contributed by atoms with van der Waals surface area (Å²) in [5.41, 5.74) is 6.25. The first kappa shape index (κ1) is 24.0. The Hall–Kier alpha value is -2.61. The van der Waals surface area contributed by atoms with E-state index < -0.39 is 7.14 Å². The van der Waals surface area contributed by atoms with Gasteiger partial charge in [-0.2, -0.15) is 0 Å². The van der Waals surface area contributed by atoms with Gasteiger partial charge in [-0.15, -0.1) is 0 Å². The molecule has 0 aliphatic carbocycles. The minimum absolute atomic E-state index is 0.586. The molecule has 0 saturated heterocycles. The molecule has 0 aromatic heterocycles. The molecular weight excluding hydrogens is 413 g/mol. The van der Waals surface area contributed by atoms with Crippen molar-refractivity contribution in [2.75, 3.05) is 39.2 Å². The predicted molar refractivity (Wildman–Crippen MR) is 138 cm³/mol. The quantitative estimate of drug-likeness (QED) is 0.203. The average molecular weight is 448 g/mol. The normalized spacial score (nSPS) is 12.3. The lowest BCUT2D eigenvalue weighted by molar-refractivity contribution is 0.315. The Kier molecular flexibility index (Phi) is 8.90. The van der Waals surface area contributed by atoms with Crippen molar-refractivity contribution in [3.05, 3.63) is 102 Å². The van der Waals surface area contributed by atoms with E-state index in [0.29, 0.717) is 6.61 Å². The van der Waals surface area contributed by atoms with E-state index >= 15 is 0 Å². The van der Waals surface area contributed by atoms with Crippen molar-refractivity contribution in [2.45, 2.75) is 13.3 Å². The lowest BCUT2D eigenvalue weighted by Crippen LogP contribution is -2.24. The van der Waals surface area contributed by atoms with Crippen molar-refractivity contribution in [1.82, 2.24) is 5.32 Å². The number of allylic oxidation sites excluding steroid dienone is 1. The molecule has 0 aliphatic rings. The van der Waals surface area contributed by atoms with E-state index in [2.05, 4.69) is 85.0 Å². The maximum Gasteiger partial charge on any atom is 0.119 e. The SMILES string of the molecule is CC/C(=C(\c1ccccc1)c1ccc(OCCNCCP(C)(C)=O)cc1)c1ccccc1. The van der Waals surface area contributed by atoms with Crippen LogP contribution >= 0.6 is 7.14 Å². The van der Waals surface area contributed by atoms with Crippen LogP contribution in [0.1, 0.15) is 30.0 Å². The lowest BCUT2D eigenvalue weighted by Gasteiger charge is -2.17. The van der Waals surface area contributed by atoms with E-state index in [1.165, 1.54) is 27.8 Å². The molecule has 4 heteroatoms. The molecule has 3 rings (SSSR count). The first-order chi connectivity index (χ1) is 15.5. The second-order valence-corrected chi connectivity index (χ2v) is 12.0. The highest BCUT2D eigenvalue weighted by molar-refractivity contribution is 7.62. The van der Waals surface area contributed by atoms with Gasteiger partial charge < -0.3 is 14.6 Å². The topological polar surface area (TPSA) is 38.3 Å². The molecule has 0 heterocycles. The minimum atomic E-state index is -1.95. The van der Waals surface area contributed by atoms with Crippen molar-refractivity contribution in [2.24, 2.45) is 0 Å². The molecular formula is C28H34NO2P. The first-order valence-electron chi connectivity index (χ1n) is 11.3. The zero-order valence-corrected chi connectivity index (χ0v) is 20.3. The molecule has 32 heavy (non-hydrogen) atoms. The minimum Gasteiger partial charge on any atom is -0.492 e. The molecule has 0 atom stereocenters. The number of benzene rings is 3. The Morgan fingerprint density at radius 1 is 0.781 bits per heavy atom. The highest BCUT2D eigenvalue weighted by Crippen LogP contribution is 2.35. The highest BCUT2D eigenvalue weighted by Gasteiger charge is 2.13. The largest absolute Gasteiger partial charge is 0.492 e. The van der Waals surface area contributed by atoms with Crippen LogP contribution in [0.25, 0.3) is 11.1 Å². The molecule has 3 nitrogen and oxygen atoms in total. The van der Waals surface area contributed by atoms with E-state index in [0.717, 1.165) is 31.4 Å². The summed E-state index contributed by atoms with van der Waals surface area (Å²) in [5.74, 6) is 0.859. The second-order valence-electron chi connectivity index (χ2n) is 8.36. The fourth-order valence-electron chi connectivity index (χ4n) is 3.72. The van der Waals surface area contributed by atoms with Gasteiger partial charge in [0, 0.05) is 19.3 Å². The molecule has 0 aliphatic heterocycles. The van der Waals surface area contributed by atoms with Gasteiger partial charge in [-0.05, 0) is 59.7 Å². The van der Waals surface area contributed by atoms with Gasteiger partial charge in [-0.25, -0.2) is 0 Å². The number of ether oxygens (including phenoxy) is 1. The number of nitrogens with one attached hydrogen (secondary N) is 1. The molecule has 0 spiro atoms. The third-order valence-corrected chi connectivity index (χ3v) is 6.66. The average Bonchev–Trinajstić information content (AvgIpc) is 2.80. The van der Waals surface area contributed by atoms with Crippen molar-refractivity contribution in [3.8, 4) is 5.75 Å². The van der Waals surface area contributed by atoms with Gasteiger partial charge in [0.25, 0.3) is 0 Å². The molecule has 0 saturated carbocycles. The van der Waals surface area contributed by atoms with Crippen molar-refractivity contribution in [3.63, 3.8) is 0 Å². The highest BCUT2D eigenvalue weighted by atomic mass is 31.2. The summed E-state index contributed by atoms with van der Waals surface area (Å²) in [6.45, 7) is 7.95. The van der Waals surface area contributed by atoms with E-state index in [1.807, 2.05) is 25.5 Å². The summed E-state index contributed by atoms with van der Waals surface area (Å²) in [6, 6.07) is 29.6. The van der Waals surface area contributed by atoms with E-state index in [1.54, 1.807) is 0 Å². The number of rotatable bonds is 11. The van der Waals surface area contributed by atoms with Crippen LogP contribution in [-0.2, 0) is 4.57 Å². The third-order valence-electron chi connectivity index (χ3n) is 5.36. The molecule has 3 aromatic carbocycles. The Bertz CT molecular complexity index is 1040. The number of hydrogen-bond donors (Lipinski definition) is 1. The molecule has 0 unspecified atom stereocenters. The van der Waals surface area contributed by atoms with Crippen molar-refractivity contribution < 1.29 is 9.30 Å². The molecule has 0 radical (unpaired) electrons. The molecule has 168 valence electrons. The van der Waals surface area contributed by atoms with Crippen LogP contribution in [0.5, 0.6) is 5.75 Å². The van der Waals surface area contributed by atoms with E-state index in [4.69, 9.17) is 4.74 Å². The van der Waals surface area contributed by atoms with Gasteiger partial charge in [0.05, 0.1) is 7.14 Å². The van der Waals surface area contributed by atoms with Crippen LogP contribution in [-0.4, -0.2) is 39.2 Å². The lowest BCUT2D eigenvalue weighted by atomic mass is 9.88. The molecule has 0 amide bonds. The standard InChI is InChI=1S/C28H34NO2P/c1-4-27(23-11-7-5-8-12-23)28(24-13-9-6-10-14-24)25-15-17-26(18-16-25)31-21-19-29-20-22-32(2,3)30/h5-18,29H,4,19-22H2,1-3H3/b28-27-. The molecule has 1 N–H and O–H groups in total. The Labute approximate surface area is 192 Å². The van der Waals surface area contributed by atoms with Crippen LogP contribution in [0.15, 0.2) is 84.9 Å². The first-order valence-corrected chi connectivity index (χ1v) is 14.1. The summed E-state index contributed by atoms with van der Waals surface area (Å²) >= 11 is 0. The van der Waals surface area contributed by atoms with Crippen LogP contribution in [0, 0.1) is 0 Å². The zero-order chi connectivity index (χ0) is 22.8. The third kappa shape index (κ3) is 7.22. The van der Waals surface area contributed by atoms with Gasteiger partial charge in [-0.3, -0.25) is 0 Å². The van der Waals surface area contributed by atoms with Crippen LogP contribution in [0.4, 0.5) is 0 Å². The van der Waals surface area contributed by atoms with Crippen LogP contribution in [0.3, 0.4) is 0 Å². The van der Waals surface area contributed by atoms with Gasteiger partial charge in [0.1, 0.15) is 12.4 Å². The summed E-state index contributed by atoms with van der Waals surface area (Å²) in [6.07, 6.45) is 1.66. The Morgan fingerprint density at radius 3 is 1.91 bits per heavy atom. The van der Waals surface area contributed by atoms with Gasteiger partial charge in [0.2, 0.25) is 0 Å². The predicted octanol–water partition coefficient (Wildman–Crippen LogP) is 6.65. The smallest absolute Gasteiger partial charge is 0.119 e. The Balaban J connectivity index is 1.76. The monoisotopic (exact) mass is 447 g/mol. The molecule has 3 aromatic rings. The summed E-state index contributed by atoms with van der Waals surface area (Å²) in [4.78, 5) is 0. The fraction of sp³-hybridized carbons (Fsp3) is 0.286. The molecule has 0 bridgehead atoms. The maximum absolute atomic E-state index is 11.7. The Morgan fingerprint density at radius 2 is 1.34 bits per heavy atom.